The molecule has 0 saturated heterocycles. The summed E-state index contributed by atoms with van der Waals surface area (Å²) in [6.45, 7) is 5.40. The molecule has 2 amide bonds. The number of hydrogen-bond acceptors (Lipinski definition) is 2. The lowest BCUT2D eigenvalue weighted by atomic mass is 10.1. The Morgan fingerprint density at radius 3 is 2.00 bits per heavy atom. The molecule has 2 aromatic carbocycles. The molecule has 0 atom stereocenters. The molecule has 0 heterocycles. The van der Waals surface area contributed by atoms with Gasteiger partial charge in [0, 0.05) is 10.7 Å². The van der Waals surface area contributed by atoms with Crippen LogP contribution in [0.25, 0.3) is 0 Å². The van der Waals surface area contributed by atoms with E-state index in [1.54, 1.807) is 13.8 Å². The highest BCUT2D eigenvalue weighted by molar-refractivity contribution is 6.44. The van der Waals surface area contributed by atoms with Gasteiger partial charge in [-0.3, -0.25) is 9.59 Å². The summed E-state index contributed by atoms with van der Waals surface area (Å²) < 4.78 is 39.2. The number of carbonyl (C=O) groups excluding carboxylic acids is 2. The van der Waals surface area contributed by atoms with Gasteiger partial charge in [0.05, 0.1) is 11.3 Å². The van der Waals surface area contributed by atoms with Crippen molar-refractivity contribution in [3.8, 4) is 0 Å². The van der Waals surface area contributed by atoms with Crippen LogP contribution in [0.3, 0.4) is 0 Å². The van der Waals surface area contributed by atoms with Crippen molar-refractivity contribution in [2.45, 2.75) is 26.9 Å². The van der Waals surface area contributed by atoms with E-state index in [0.717, 1.165) is 22.8 Å². The van der Waals surface area contributed by atoms with Crippen LogP contribution in [0, 0.1) is 20.8 Å². The van der Waals surface area contributed by atoms with Gasteiger partial charge in [0.1, 0.15) is 0 Å². The minimum atomic E-state index is -4.73. The maximum Gasteiger partial charge on any atom is 0.418 e. The summed E-state index contributed by atoms with van der Waals surface area (Å²) in [6, 6.07) is 6.52. The highest BCUT2D eigenvalue weighted by Crippen LogP contribution is 2.36. The minimum Gasteiger partial charge on any atom is -0.317 e. The molecule has 0 spiro atoms. The number of benzene rings is 2. The first-order chi connectivity index (χ1) is 12.0. The van der Waals surface area contributed by atoms with Crippen LogP contribution in [0.1, 0.15) is 22.3 Å². The van der Waals surface area contributed by atoms with Crippen molar-refractivity contribution in [2.75, 3.05) is 10.6 Å². The van der Waals surface area contributed by atoms with Crippen molar-refractivity contribution in [1.29, 1.82) is 0 Å². The Balaban J connectivity index is 2.23. The van der Waals surface area contributed by atoms with E-state index in [4.69, 9.17) is 11.6 Å². The third-order valence-corrected chi connectivity index (χ3v) is 3.89. The van der Waals surface area contributed by atoms with E-state index >= 15 is 0 Å². The summed E-state index contributed by atoms with van der Waals surface area (Å²) in [7, 11) is 0. The number of halogens is 4. The zero-order chi connectivity index (χ0) is 19.6. The molecule has 0 aliphatic rings. The third kappa shape index (κ3) is 4.54. The van der Waals surface area contributed by atoms with Gasteiger partial charge in [-0.1, -0.05) is 29.3 Å². The first-order valence-corrected chi connectivity index (χ1v) is 7.93. The Labute approximate surface area is 153 Å². The maximum absolute atomic E-state index is 13.1. The normalized spacial score (nSPS) is 11.2. The van der Waals surface area contributed by atoms with E-state index in [0.29, 0.717) is 11.8 Å². The number of carbonyl (C=O) groups is 2. The van der Waals surface area contributed by atoms with Gasteiger partial charge in [0.25, 0.3) is 0 Å². The van der Waals surface area contributed by atoms with Crippen molar-refractivity contribution in [3.63, 3.8) is 0 Å². The van der Waals surface area contributed by atoms with E-state index in [1.165, 1.54) is 6.07 Å². The van der Waals surface area contributed by atoms with Crippen molar-refractivity contribution < 1.29 is 22.8 Å². The zero-order valence-corrected chi connectivity index (χ0v) is 15.0. The lowest BCUT2D eigenvalue weighted by molar-refractivity contribution is -0.137. The molecule has 2 rings (SSSR count). The smallest absolute Gasteiger partial charge is 0.317 e. The second kappa shape index (κ2) is 7.37. The number of rotatable bonds is 2. The predicted octanol–water partition coefficient (Wildman–Crippen LogP) is 4.86. The zero-order valence-electron chi connectivity index (χ0n) is 14.2. The fourth-order valence-corrected chi connectivity index (χ4v) is 2.76. The molecule has 0 unspecified atom stereocenters. The van der Waals surface area contributed by atoms with Crippen LogP contribution in [0.5, 0.6) is 0 Å². The SMILES string of the molecule is Cc1cc(C)c(NC(=O)C(=O)Nc2ccc(Cl)cc2C(F)(F)F)c(C)c1. The molecule has 0 aromatic heterocycles. The number of aryl methyl sites for hydroxylation is 3. The van der Waals surface area contributed by atoms with Crippen molar-refractivity contribution in [1.82, 2.24) is 0 Å². The van der Waals surface area contributed by atoms with Crippen molar-refractivity contribution in [2.24, 2.45) is 0 Å². The summed E-state index contributed by atoms with van der Waals surface area (Å²) in [5.74, 6) is -2.28. The molecule has 138 valence electrons. The number of hydrogen-bond donors (Lipinski definition) is 2. The quantitative estimate of drug-likeness (QED) is 0.726. The molecule has 2 N–H and O–H groups in total. The Morgan fingerprint density at radius 2 is 1.46 bits per heavy atom. The van der Waals surface area contributed by atoms with Crippen LogP contribution in [-0.4, -0.2) is 11.8 Å². The Bertz CT molecular complexity index is 856. The molecule has 4 nitrogen and oxygen atoms in total. The fraction of sp³-hybridized carbons (Fsp3) is 0.222. The molecule has 0 aliphatic heterocycles. The van der Waals surface area contributed by atoms with Gasteiger partial charge >= 0.3 is 18.0 Å². The summed E-state index contributed by atoms with van der Waals surface area (Å²) in [5, 5.41) is 4.29. The average molecular weight is 385 g/mol. The second-order valence-electron chi connectivity index (χ2n) is 5.87. The summed E-state index contributed by atoms with van der Waals surface area (Å²) in [5.41, 5.74) is 1.24. The third-order valence-electron chi connectivity index (χ3n) is 3.66. The molecule has 26 heavy (non-hydrogen) atoms. The number of alkyl halides is 3. The lowest BCUT2D eigenvalue weighted by Gasteiger charge is -2.15. The Hall–Kier alpha value is -2.54. The average Bonchev–Trinajstić information content (AvgIpc) is 2.51. The first kappa shape index (κ1) is 19.8. The van der Waals surface area contributed by atoms with E-state index < -0.39 is 29.2 Å². The molecule has 2 aromatic rings. The maximum atomic E-state index is 13.1. The lowest BCUT2D eigenvalue weighted by Crippen LogP contribution is -2.30. The first-order valence-electron chi connectivity index (χ1n) is 7.56. The fourth-order valence-electron chi connectivity index (χ4n) is 2.59. The highest BCUT2D eigenvalue weighted by atomic mass is 35.5. The van der Waals surface area contributed by atoms with Gasteiger partial charge in [-0.2, -0.15) is 13.2 Å². The van der Waals surface area contributed by atoms with E-state index in [2.05, 4.69) is 5.32 Å². The highest BCUT2D eigenvalue weighted by Gasteiger charge is 2.34. The summed E-state index contributed by atoms with van der Waals surface area (Å²) >= 11 is 5.58. The largest absolute Gasteiger partial charge is 0.418 e. The standard InChI is InChI=1S/C18H16ClF3N2O2/c1-9-6-10(2)15(11(3)7-9)24-17(26)16(25)23-14-5-4-12(19)8-13(14)18(20,21)22/h4-8H,1-3H3,(H,23,25)(H,24,26). The second-order valence-corrected chi connectivity index (χ2v) is 6.31. The minimum absolute atomic E-state index is 0.134. The molecule has 0 saturated carbocycles. The summed E-state index contributed by atoms with van der Waals surface area (Å²) in [4.78, 5) is 24.2. The molecule has 8 heteroatoms. The van der Waals surface area contributed by atoms with Crippen LogP contribution in [0.2, 0.25) is 5.02 Å². The van der Waals surface area contributed by atoms with E-state index in [9.17, 15) is 22.8 Å². The Kier molecular flexibility index (Phi) is 5.61. The topological polar surface area (TPSA) is 58.2 Å². The predicted molar refractivity (Wildman–Crippen MR) is 94.4 cm³/mol. The van der Waals surface area contributed by atoms with Crippen molar-refractivity contribution >= 4 is 34.8 Å². The van der Waals surface area contributed by atoms with Crippen LogP contribution < -0.4 is 10.6 Å². The summed E-state index contributed by atoms with van der Waals surface area (Å²) in [6.07, 6.45) is -4.73. The van der Waals surface area contributed by atoms with Crippen LogP contribution in [0.4, 0.5) is 24.5 Å². The van der Waals surface area contributed by atoms with Crippen molar-refractivity contribution in [3.05, 3.63) is 57.6 Å². The van der Waals surface area contributed by atoms with Gasteiger partial charge in [-0.15, -0.1) is 0 Å². The van der Waals surface area contributed by atoms with Gasteiger partial charge in [-0.05, 0) is 50.1 Å². The molecular weight excluding hydrogens is 369 g/mol. The molecular formula is C18H16ClF3N2O2. The molecule has 0 fully saturated rings. The van der Waals surface area contributed by atoms with Gasteiger partial charge in [-0.25, -0.2) is 0 Å². The number of amides is 2. The molecule has 0 aliphatic carbocycles. The number of nitrogens with one attached hydrogen (secondary N) is 2. The molecule has 0 bridgehead atoms. The molecule has 0 radical (unpaired) electrons. The monoisotopic (exact) mass is 384 g/mol. The van der Waals surface area contributed by atoms with Gasteiger partial charge in [0.15, 0.2) is 0 Å². The van der Waals surface area contributed by atoms with Gasteiger partial charge in [0.2, 0.25) is 0 Å². The van der Waals surface area contributed by atoms with E-state index in [-0.39, 0.29) is 5.02 Å². The van der Waals surface area contributed by atoms with Crippen LogP contribution in [0.15, 0.2) is 30.3 Å². The van der Waals surface area contributed by atoms with Crippen LogP contribution in [-0.2, 0) is 15.8 Å². The van der Waals surface area contributed by atoms with E-state index in [1.807, 2.05) is 24.4 Å². The number of anilines is 2. The van der Waals surface area contributed by atoms with Crippen LogP contribution >= 0.6 is 11.6 Å². The van der Waals surface area contributed by atoms with Gasteiger partial charge < -0.3 is 10.6 Å². The Morgan fingerprint density at radius 1 is 0.923 bits per heavy atom.